The normalized spacial score (nSPS) is 15.5. The quantitative estimate of drug-likeness (QED) is 0.353. The average molecular weight is 506 g/mol. The minimum absolute atomic E-state index is 0.0117. The Labute approximate surface area is 215 Å². The number of carbonyl (C=O) groups is 1. The van der Waals surface area contributed by atoms with E-state index < -0.39 is 0 Å². The molecule has 2 aromatic carbocycles. The van der Waals surface area contributed by atoms with Crippen molar-refractivity contribution in [2.75, 3.05) is 11.9 Å². The molecule has 0 bridgehead atoms. The monoisotopic (exact) mass is 505 g/mol. The van der Waals surface area contributed by atoms with Crippen molar-refractivity contribution in [2.45, 2.75) is 40.0 Å². The summed E-state index contributed by atoms with van der Waals surface area (Å²) in [7, 11) is 0. The van der Waals surface area contributed by atoms with Gasteiger partial charge in [-0.2, -0.15) is 5.26 Å². The van der Waals surface area contributed by atoms with E-state index in [0.29, 0.717) is 32.9 Å². The second kappa shape index (κ2) is 10.6. The first kappa shape index (κ1) is 25.0. The van der Waals surface area contributed by atoms with Gasteiger partial charge in [-0.25, -0.2) is 4.99 Å². The molecule has 1 aliphatic rings. The third kappa shape index (κ3) is 6.11. The van der Waals surface area contributed by atoms with E-state index >= 15 is 0 Å². The van der Waals surface area contributed by atoms with Gasteiger partial charge in [0.05, 0.1) is 5.56 Å². The van der Waals surface area contributed by atoms with Gasteiger partial charge in [0, 0.05) is 21.8 Å². The van der Waals surface area contributed by atoms with Crippen molar-refractivity contribution >= 4 is 45.7 Å². The Kier molecular flexibility index (Phi) is 7.59. The molecule has 3 aromatic rings. The Balaban J connectivity index is 1.67. The number of nitriles is 1. The summed E-state index contributed by atoms with van der Waals surface area (Å²) in [6.45, 7) is 6.84. The lowest BCUT2D eigenvalue weighted by atomic mass is 9.72. The number of halogens is 1. The van der Waals surface area contributed by atoms with Gasteiger partial charge in [-0.1, -0.05) is 44.5 Å². The molecule has 0 aliphatic heterocycles. The highest BCUT2D eigenvalue weighted by molar-refractivity contribution is 7.16. The van der Waals surface area contributed by atoms with E-state index in [4.69, 9.17) is 26.6 Å². The third-order valence-electron chi connectivity index (χ3n) is 6.29. The van der Waals surface area contributed by atoms with E-state index in [-0.39, 0.29) is 17.9 Å². The average Bonchev–Trinajstić information content (AvgIpc) is 3.20. The Bertz CT molecular complexity index is 1280. The summed E-state index contributed by atoms with van der Waals surface area (Å²) in [4.78, 5) is 19.5. The minimum Gasteiger partial charge on any atom is -0.479 e. The summed E-state index contributed by atoms with van der Waals surface area (Å²) in [5.74, 6) is 1.01. The van der Waals surface area contributed by atoms with Crippen LogP contribution in [0.3, 0.4) is 0 Å². The maximum Gasteiger partial charge on any atom is 0.259 e. The number of hydrogen-bond acceptors (Lipinski definition) is 5. The fourth-order valence-electron chi connectivity index (χ4n) is 4.30. The van der Waals surface area contributed by atoms with Crippen LogP contribution >= 0.6 is 22.9 Å². The fourth-order valence-corrected chi connectivity index (χ4v) is 5.69. The van der Waals surface area contributed by atoms with Crippen LogP contribution in [-0.2, 0) is 12.8 Å². The smallest absolute Gasteiger partial charge is 0.259 e. The van der Waals surface area contributed by atoms with Gasteiger partial charge in [-0.05, 0) is 78.1 Å². The van der Waals surface area contributed by atoms with E-state index in [9.17, 15) is 4.79 Å². The van der Waals surface area contributed by atoms with Gasteiger partial charge < -0.3 is 10.1 Å². The minimum atomic E-state index is -0.155. The van der Waals surface area contributed by atoms with Crippen LogP contribution in [0.2, 0.25) is 5.02 Å². The van der Waals surface area contributed by atoms with E-state index in [1.54, 1.807) is 47.9 Å². The van der Waals surface area contributed by atoms with Crippen molar-refractivity contribution in [1.29, 1.82) is 5.26 Å². The Morgan fingerprint density at radius 2 is 2.06 bits per heavy atom. The number of nitrogens with one attached hydrogen (secondary N) is 1. The van der Waals surface area contributed by atoms with Crippen LogP contribution in [-0.4, -0.2) is 18.7 Å². The van der Waals surface area contributed by atoms with Crippen LogP contribution in [0.1, 0.15) is 53.6 Å². The first-order valence-corrected chi connectivity index (χ1v) is 12.8. The molecular formula is C28H28ClN3O2S. The topological polar surface area (TPSA) is 74.5 Å². The molecule has 1 amide bonds. The predicted molar refractivity (Wildman–Crippen MR) is 143 cm³/mol. The summed E-state index contributed by atoms with van der Waals surface area (Å²) in [6, 6.07) is 16.5. The summed E-state index contributed by atoms with van der Waals surface area (Å²) in [5.41, 5.74) is 3.50. The lowest BCUT2D eigenvalue weighted by Gasteiger charge is -2.33. The number of fused-ring (bicyclic) bond motifs is 1. The molecule has 4 rings (SSSR count). The number of ether oxygens (including phenoxy) is 1. The highest BCUT2D eigenvalue weighted by atomic mass is 35.5. The molecule has 180 valence electrons. The van der Waals surface area contributed by atoms with Gasteiger partial charge in [0.2, 0.25) is 0 Å². The maximum absolute atomic E-state index is 13.5. The van der Waals surface area contributed by atoms with Crippen molar-refractivity contribution in [1.82, 2.24) is 0 Å². The number of carbonyl (C=O) groups excluding carboxylic acids is 1. The number of thiophene rings is 1. The number of hydrogen-bond donors (Lipinski definition) is 1. The molecular weight excluding hydrogens is 478 g/mol. The van der Waals surface area contributed by atoms with Gasteiger partial charge in [0.1, 0.15) is 16.8 Å². The zero-order chi connectivity index (χ0) is 25.0. The Morgan fingerprint density at radius 3 is 2.77 bits per heavy atom. The second-order valence-electron chi connectivity index (χ2n) is 9.73. The molecule has 0 saturated carbocycles. The standard InChI is InChI=1S/C28H28ClN3O2S/c1-28(2,3)19-7-12-23-24(16-19)35-27(25(23)26(33)32-21-10-8-20(29)9-11-21)31-17-18-5-4-6-22(15-18)34-14-13-30/h4-6,8-11,15,17,19H,7,12,14,16H2,1-3H3,(H,32,33)/t19-/m0/s1. The van der Waals surface area contributed by atoms with E-state index in [2.05, 4.69) is 26.1 Å². The van der Waals surface area contributed by atoms with Crippen LogP contribution in [0.5, 0.6) is 5.75 Å². The zero-order valence-electron chi connectivity index (χ0n) is 20.1. The van der Waals surface area contributed by atoms with Crippen LogP contribution in [0.15, 0.2) is 53.5 Å². The number of aliphatic imine (C=N–C) groups is 1. The van der Waals surface area contributed by atoms with Gasteiger partial charge in [0.15, 0.2) is 6.61 Å². The van der Waals surface area contributed by atoms with Crippen molar-refractivity contribution in [2.24, 2.45) is 16.3 Å². The van der Waals surface area contributed by atoms with Crippen LogP contribution < -0.4 is 10.1 Å². The third-order valence-corrected chi connectivity index (χ3v) is 7.71. The molecule has 7 heteroatoms. The zero-order valence-corrected chi connectivity index (χ0v) is 21.7. The summed E-state index contributed by atoms with van der Waals surface area (Å²) < 4.78 is 5.40. The van der Waals surface area contributed by atoms with Crippen molar-refractivity contribution in [3.05, 3.63) is 75.1 Å². The number of rotatable bonds is 6. The molecule has 1 aromatic heterocycles. The summed E-state index contributed by atoms with van der Waals surface area (Å²) in [6.07, 6.45) is 4.62. The maximum atomic E-state index is 13.5. The first-order valence-electron chi connectivity index (χ1n) is 11.6. The largest absolute Gasteiger partial charge is 0.479 e. The molecule has 1 atom stereocenters. The van der Waals surface area contributed by atoms with Crippen molar-refractivity contribution in [3.8, 4) is 11.8 Å². The fraction of sp³-hybridized carbons (Fsp3) is 0.321. The Morgan fingerprint density at radius 1 is 1.29 bits per heavy atom. The van der Waals surface area contributed by atoms with Crippen molar-refractivity contribution < 1.29 is 9.53 Å². The number of amides is 1. The predicted octanol–water partition coefficient (Wildman–Crippen LogP) is 7.46. The summed E-state index contributed by atoms with van der Waals surface area (Å²) in [5, 5.41) is 13.1. The molecule has 0 fully saturated rings. The lowest BCUT2D eigenvalue weighted by molar-refractivity contribution is 0.102. The van der Waals surface area contributed by atoms with Crippen LogP contribution in [0.25, 0.3) is 0 Å². The van der Waals surface area contributed by atoms with E-state index in [1.165, 1.54) is 4.88 Å². The highest BCUT2D eigenvalue weighted by Gasteiger charge is 2.33. The first-order chi connectivity index (χ1) is 16.7. The molecule has 1 heterocycles. The van der Waals surface area contributed by atoms with E-state index in [1.807, 2.05) is 24.3 Å². The Hall–Kier alpha value is -3.14. The molecule has 0 spiro atoms. The molecule has 0 unspecified atom stereocenters. The highest BCUT2D eigenvalue weighted by Crippen LogP contribution is 2.45. The molecule has 1 N–H and O–H groups in total. The van der Waals surface area contributed by atoms with Gasteiger partial charge in [-0.15, -0.1) is 11.3 Å². The SMILES string of the molecule is CC(C)(C)[C@H]1CCc2c(sc(N=Cc3cccc(OCC#N)c3)c2C(=O)Nc2ccc(Cl)cc2)C1. The lowest BCUT2D eigenvalue weighted by Crippen LogP contribution is -2.27. The summed E-state index contributed by atoms with van der Waals surface area (Å²) >= 11 is 7.61. The van der Waals surface area contributed by atoms with Gasteiger partial charge in [-0.3, -0.25) is 4.79 Å². The molecule has 35 heavy (non-hydrogen) atoms. The van der Waals surface area contributed by atoms with Crippen molar-refractivity contribution in [3.63, 3.8) is 0 Å². The van der Waals surface area contributed by atoms with Gasteiger partial charge in [0.25, 0.3) is 5.91 Å². The number of benzene rings is 2. The van der Waals surface area contributed by atoms with E-state index in [0.717, 1.165) is 30.4 Å². The molecule has 1 aliphatic carbocycles. The number of anilines is 1. The van der Waals surface area contributed by atoms with Crippen LogP contribution in [0.4, 0.5) is 10.7 Å². The molecule has 5 nitrogen and oxygen atoms in total. The molecule has 0 saturated heterocycles. The second-order valence-corrected chi connectivity index (χ2v) is 11.2. The number of nitrogens with zero attached hydrogens (tertiary/aromatic N) is 2. The van der Waals surface area contributed by atoms with Gasteiger partial charge >= 0.3 is 0 Å². The molecule has 0 radical (unpaired) electrons. The van der Waals surface area contributed by atoms with Crippen LogP contribution in [0, 0.1) is 22.7 Å².